The number of allylic oxidation sites excluding steroid dienone is 2. The number of ether oxygens (including phenoxy) is 1. The van der Waals surface area contributed by atoms with Gasteiger partial charge in [-0.1, -0.05) is 45.0 Å². The van der Waals surface area contributed by atoms with Crippen LogP contribution >= 0.6 is 11.6 Å². The number of carbonyl (C=O) groups excluding carboxylic acids is 1. The van der Waals surface area contributed by atoms with Gasteiger partial charge in [-0.05, 0) is 63.9 Å². The summed E-state index contributed by atoms with van der Waals surface area (Å²) in [6, 6.07) is 4.30. The number of likely N-dealkylation sites (N-methyl/N-ethyl adjacent to an activating group) is 1. The average Bonchev–Trinajstić information content (AvgIpc) is 3.35. The molecule has 0 bridgehead atoms. The van der Waals surface area contributed by atoms with Gasteiger partial charge < -0.3 is 25.2 Å². The normalized spacial score (nSPS) is 17.2. The number of hydrogen-bond acceptors (Lipinski definition) is 5. The van der Waals surface area contributed by atoms with Crippen LogP contribution in [0.25, 0.3) is 0 Å². The van der Waals surface area contributed by atoms with Crippen molar-refractivity contribution in [2.75, 3.05) is 49.3 Å². The van der Waals surface area contributed by atoms with Crippen molar-refractivity contribution < 1.29 is 9.53 Å². The van der Waals surface area contributed by atoms with Gasteiger partial charge in [0.15, 0.2) is 0 Å². The lowest BCUT2D eigenvalue weighted by molar-refractivity contribution is -0.111. The first-order chi connectivity index (χ1) is 17.1. The van der Waals surface area contributed by atoms with Crippen LogP contribution in [0.2, 0.25) is 0 Å². The highest BCUT2D eigenvalue weighted by atomic mass is 35.5. The third-order valence-corrected chi connectivity index (χ3v) is 7.08. The SMILES string of the molecule is C=CC(=O)Nc1cc(NC(C)=N/C=C(/Cl)C(=C)C)c(OC)cc1N1CCC(N(C)CCC(C)CC)C1. The van der Waals surface area contributed by atoms with Crippen LogP contribution in [0.1, 0.15) is 47.0 Å². The summed E-state index contributed by atoms with van der Waals surface area (Å²) in [5, 5.41) is 6.70. The Labute approximate surface area is 221 Å². The number of aliphatic imine (C=N–C) groups is 1. The first kappa shape index (κ1) is 29.5. The number of nitrogens with one attached hydrogen (secondary N) is 2. The van der Waals surface area contributed by atoms with E-state index in [0.717, 1.165) is 43.2 Å². The van der Waals surface area contributed by atoms with Gasteiger partial charge in [0.25, 0.3) is 0 Å². The minimum atomic E-state index is -0.268. The Morgan fingerprint density at radius 2 is 2.08 bits per heavy atom. The lowest BCUT2D eigenvalue weighted by atomic mass is 10.0. The third-order valence-electron chi connectivity index (χ3n) is 6.65. The van der Waals surface area contributed by atoms with Crippen molar-refractivity contribution in [3.8, 4) is 5.75 Å². The zero-order valence-corrected chi connectivity index (χ0v) is 23.4. The molecule has 1 fully saturated rings. The highest BCUT2D eigenvalue weighted by Crippen LogP contribution is 2.39. The average molecular weight is 516 g/mol. The van der Waals surface area contributed by atoms with E-state index < -0.39 is 0 Å². The van der Waals surface area contributed by atoms with Crippen LogP contribution in [0.15, 0.2) is 53.2 Å². The second kappa shape index (κ2) is 14.1. The van der Waals surface area contributed by atoms with E-state index in [1.807, 2.05) is 26.0 Å². The van der Waals surface area contributed by atoms with Crippen LogP contribution in [0, 0.1) is 5.92 Å². The summed E-state index contributed by atoms with van der Waals surface area (Å²) in [5.41, 5.74) is 3.03. The second-order valence-electron chi connectivity index (χ2n) is 9.53. The first-order valence-corrected chi connectivity index (χ1v) is 12.9. The van der Waals surface area contributed by atoms with Crippen LogP contribution in [-0.2, 0) is 4.79 Å². The van der Waals surface area contributed by atoms with Gasteiger partial charge in [0.1, 0.15) is 11.6 Å². The van der Waals surface area contributed by atoms with E-state index in [2.05, 4.69) is 59.5 Å². The van der Waals surface area contributed by atoms with E-state index in [-0.39, 0.29) is 5.91 Å². The molecule has 7 nitrogen and oxygen atoms in total. The molecule has 198 valence electrons. The summed E-state index contributed by atoms with van der Waals surface area (Å²) in [5.74, 6) is 1.73. The van der Waals surface area contributed by atoms with Gasteiger partial charge >= 0.3 is 0 Å². The topological polar surface area (TPSA) is 69.2 Å². The second-order valence-corrected chi connectivity index (χ2v) is 9.94. The fraction of sp³-hybridized carbons (Fsp3) is 0.500. The van der Waals surface area contributed by atoms with Gasteiger partial charge in [0.2, 0.25) is 5.91 Å². The highest BCUT2D eigenvalue weighted by Gasteiger charge is 2.28. The Kier molecular flexibility index (Phi) is 11.5. The number of hydrogen-bond donors (Lipinski definition) is 2. The molecule has 1 saturated heterocycles. The molecule has 1 heterocycles. The Morgan fingerprint density at radius 3 is 2.69 bits per heavy atom. The summed E-state index contributed by atoms with van der Waals surface area (Å²) < 4.78 is 5.71. The van der Waals surface area contributed by atoms with Crippen molar-refractivity contribution in [2.45, 2.75) is 53.0 Å². The van der Waals surface area contributed by atoms with E-state index in [1.54, 1.807) is 13.3 Å². The maximum absolute atomic E-state index is 12.3. The highest BCUT2D eigenvalue weighted by molar-refractivity contribution is 6.31. The number of halogens is 1. The van der Waals surface area contributed by atoms with Crippen LogP contribution in [0.4, 0.5) is 17.1 Å². The molecule has 0 aliphatic carbocycles. The van der Waals surface area contributed by atoms with Gasteiger partial charge in [-0.2, -0.15) is 0 Å². The Hall–Kier alpha value is -2.77. The van der Waals surface area contributed by atoms with E-state index in [4.69, 9.17) is 16.3 Å². The first-order valence-electron chi connectivity index (χ1n) is 12.5. The van der Waals surface area contributed by atoms with E-state index in [0.29, 0.717) is 34.0 Å². The molecule has 0 saturated carbocycles. The van der Waals surface area contributed by atoms with Gasteiger partial charge in [-0.15, -0.1) is 0 Å². The largest absolute Gasteiger partial charge is 0.494 e. The van der Waals surface area contributed by atoms with Gasteiger partial charge in [-0.3, -0.25) is 4.79 Å². The zero-order valence-electron chi connectivity index (χ0n) is 22.7. The molecule has 2 rings (SSSR count). The summed E-state index contributed by atoms with van der Waals surface area (Å²) in [6.45, 7) is 18.5. The van der Waals surface area contributed by atoms with Crippen molar-refractivity contribution in [2.24, 2.45) is 10.9 Å². The quantitative estimate of drug-likeness (QED) is 0.149. The smallest absolute Gasteiger partial charge is 0.247 e. The number of anilines is 3. The number of carbonyl (C=O) groups is 1. The molecule has 0 spiro atoms. The molecule has 1 aliphatic rings. The van der Waals surface area contributed by atoms with E-state index in [1.165, 1.54) is 18.9 Å². The van der Waals surface area contributed by atoms with E-state index in [9.17, 15) is 4.79 Å². The molecule has 2 atom stereocenters. The molecule has 0 radical (unpaired) electrons. The standard InChI is InChI=1S/C28H42ClN5O2/c1-9-20(5)11-13-33(7)22-12-14-34(18-22)26-16-27(36-8)25(15-24(26)32-28(35)10-2)31-21(6)30-17-23(29)19(3)4/h10,15-17,20,22H,2-3,9,11-14,18H2,1,4-8H3,(H,30,31)(H,32,35)/b23-17+. The van der Waals surface area contributed by atoms with Gasteiger partial charge in [0, 0.05) is 31.4 Å². The maximum Gasteiger partial charge on any atom is 0.247 e. The molecule has 1 aromatic rings. The number of amidine groups is 1. The summed E-state index contributed by atoms with van der Waals surface area (Å²) in [4.78, 5) is 21.4. The molecule has 8 heteroatoms. The van der Waals surface area contributed by atoms with Crippen molar-refractivity contribution in [3.05, 3.63) is 48.2 Å². The molecular formula is C28H42ClN5O2. The van der Waals surface area contributed by atoms with Crippen LogP contribution < -0.4 is 20.3 Å². The lowest BCUT2D eigenvalue weighted by Crippen LogP contribution is -2.35. The number of benzene rings is 1. The van der Waals surface area contributed by atoms with Crippen molar-refractivity contribution >= 4 is 40.4 Å². The van der Waals surface area contributed by atoms with Crippen LogP contribution in [0.3, 0.4) is 0 Å². The van der Waals surface area contributed by atoms with Crippen molar-refractivity contribution in [1.82, 2.24) is 4.90 Å². The third kappa shape index (κ3) is 8.42. The fourth-order valence-corrected chi connectivity index (χ4v) is 4.05. The molecule has 2 unspecified atom stereocenters. The molecule has 1 aliphatic heterocycles. The van der Waals surface area contributed by atoms with E-state index >= 15 is 0 Å². The molecular weight excluding hydrogens is 474 g/mol. The van der Waals surface area contributed by atoms with Crippen LogP contribution in [-0.4, -0.2) is 56.5 Å². The molecule has 1 aromatic carbocycles. The minimum Gasteiger partial charge on any atom is -0.494 e. The minimum absolute atomic E-state index is 0.268. The Balaban J connectivity index is 2.31. The molecule has 36 heavy (non-hydrogen) atoms. The number of rotatable bonds is 12. The molecule has 0 aromatic heterocycles. The summed E-state index contributed by atoms with van der Waals surface area (Å²) in [6.07, 6.45) is 6.30. The Morgan fingerprint density at radius 1 is 1.36 bits per heavy atom. The predicted octanol–water partition coefficient (Wildman–Crippen LogP) is 6.25. The lowest BCUT2D eigenvalue weighted by Gasteiger charge is -2.28. The van der Waals surface area contributed by atoms with Crippen molar-refractivity contribution in [3.63, 3.8) is 0 Å². The predicted molar refractivity (Wildman–Crippen MR) is 155 cm³/mol. The molecule has 2 N–H and O–H groups in total. The molecule has 1 amide bonds. The zero-order chi connectivity index (χ0) is 26.8. The van der Waals surface area contributed by atoms with Gasteiger partial charge in [0.05, 0.1) is 29.2 Å². The van der Waals surface area contributed by atoms with Crippen molar-refractivity contribution in [1.29, 1.82) is 0 Å². The van der Waals surface area contributed by atoms with Crippen LogP contribution in [0.5, 0.6) is 5.75 Å². The summed E-state index contributed by atoms with van der Waals surface area (Å²) >= 11 is 6.13. The summed E-state index contributed by atoms with van der Waals surface area (Å²) in [7, 11) is 3.84. The maximum atomic E-state index is 12.3. The van der Waals surface area contributed by atoms with Gasteiger partial charge in [-0.25, -0.2) is 4.99 Å². The number of amides is 1. The monoisotopic (exact) mass is 515 g/mol. The number of nitrogens with zero attached hydrogens (tertiary/aromatic N) is 3. The Bertz CT molecular complexity index is 1000. The fourth-order valence-electron chi connectivity index (χ4n) is 4.00. The number of methoxy groups -OCH3 is 1.